The predicted octanol–water partition coefficient (Wildman–Crippen LogP) is 4.63. The Morgan fingerprint density at radius 3 is 2.57 bits per heavy atom. The monoisotopic (exact) mass is 424 g/mol. The molecule has 2 aromatic heterocycles. The number of hydrogen-bond donors (Lipinski definition) is 1. The maximum absolute atomic E-state index is 12.7. The van der Waals surface area contributed by atoms with Crippen LogP contribution in [0.25, 0.3) is 5.69 Å². The molecular formula is C22H28N6OS. The first-order chi connectivity index (χ1) is 14.5. The van der Waals surface area contributed by atoms with Gasteiger partial charge in [0.15, 0.2) is 5.16 Å². The Hall–Kier alpha value is -2.61. The van der Waals surface area contributed by atoms with Crippen LogP contribution in [-0.4, -0.2) is 36.2 Å². The van der Waals surface area contributed by atoms with Crippen LogP contribution in [0.2, 0.25) is 0 Å². The molecule has 1 saturated carbocycles. The Morgan fingerprint density at radius 2 is 1.83 bits per heavy atom. The molecule has 2 heterocycles. The van der Waals surface area contributed by atoms with Crippen molar-refractivity contribution in [3.63, 3.8) is 0 Å². The first-order valence-electron chi connectivity index (χ1n) is 10.5. The minimum Gasteiger partial charge on any atom is -0.322 e. The van der Waals surface area contributed by atoms with Gasteiger partial charge in [0.2, 0.25) is 5.91 Å². The van der Waals surface area contributed by atoms with Crippen LogP contribution in [-0.2, 0) is 4.79 Å². The van der Waals surface area contributed by atoms with Gasteiger partial charge in [0.05, 0.1) is 28.5 Å². The van der Waals surface area contributed by atoms with Crippen molar-refractivity contribution >= 4 is 23.4 Å². The van der Waals surface area contributed by atoms with E-state index in [2.05, 4.69) is 25.2 Å². The number of aromatic nitrogens is 5. The summed E-state index contributed by atoms with van der Waals surface area (Å²) in [4.78, 5) is 12.7. The van der Waals surface area contributed by atoms with Crippen molar-refractivity contribution in [2.24, 2.45) is 0 Å². The number of hydrogen-bond acceptors (Lipinski definition) is 5. The van der Waals surface area contributed by atoms with Gasteiger partial charge in [0.25, 0.3) is 0 Å². The van der Waals surface area contributed by atoms with Crippen LogP contribution >= 0.6 is 11.8 Å². The third-order valence-corrected chi connectivity index (χ3v) is 6.61. The van der Waals surface area contributed by atoms with Crippen LogP contribution in [0, 0.1) is 20.8 Å². The van der Waals surface area contributed by atoms with Gasteiger partial charge in [0.1, 0.15) is 5.82 Å². The molecule has 158 valence electrons. The van der Waals surface area contributed by atoms with Crippen LogP contribution in [0.15, 0.2) is 35.5 Å². The standard InChI is InChI=1S/C22H28N6OS/c1-15-21(16(2)28(26-15)19-12-8-5-9-13-19)23-20(29)14-30-22-25-24-17(3)27(22)18-10-6-4-7-11-18/h5,8-9,12-13,18H,4,6-7,10-11,14H2,1-3H3,(H,23,29). The Morgan fingerprint density at radius 1 is 1.10 bits per heavy atom. The third-order valence-electron chi connectivity index (χ3n) is 5.66. The van der Waals surface area contributed by atoms with Crippen LogP contribution in [0.4, 0.5) is 5.69 Å². The Kier molecular flexibility index (Phi) is 6.22. The minimum atomic E-state index is -0.0605. The molecule has 8 heteroatoms. The van der Waals surface area contributed by atoms with E-state index in [0.717, 1.165) is 46.6 Å². The maximum atomic E-state index is 12.7. The lowest BCUT2D eigenvalue weighted by molar-refractivity contribution is -0.113. The highest BCUT2D eigenvalue weighted by atomic mass is 32.2. The lowest BCUT2D eigenvalue weighted by Gasteiger charge is -2.24. The summed E-state index contributed by atoms with van der Waals surface area (Å²) in [6.45, 7) is 5.88. The molecule has 0 saturated heterocycles. The van der Waals surface area contributed by atoms with E-state index in [1.165, 1.54) is 31.0 Å². The lowest BCUT2D eigenvalue weighted by atomic mass is 9.95. The number of carbonyl (C=O) groups is 1. The van der Waals surface area contributed by atoms with Gasteiger partial charge in [-0.2, -0.15) is 5.10 Å². The summed E-state index contributed by atoms with van der Waals surface area (Å²) in [5.74, 6) is 1.16. The van der Waals surface area contributed by atoms with Crippen molar-refractivity contribution in [3.8, 4) is 5.69 Å². The molecule has 7 nitrogen and oxygen atoms in total. The fraction of sp³-hybridized carbons (Fsp3) is 0.455. The van der Waals surface area contributed by atoms with Crippen LogP contribution in [0.1, 0.15) is 55.4 Å². The van der Waals surface area contributed by atoms with Crippen molar-refractivity contribution < 1.29 is 4.79 Å². The van der Waals surface area contributed by atoms with Gasteiger partial charge in [0, 0.05) is 6.04 Å². The number of nitrogens with one attached hydrogen (secondary N) is 1. The van der Waals surface area contributed by atoms with Crippen LogP contribution in [0.3, 0.4) is 0 Å². The normalized spacial score (nSPS) is 14.8. The first kappa shape index (κ1) is 20.7. The van der Waals surface area contributed by atoms with E-state index < -0.39 is 0 Å². The van der Waals surface area contributed by atoms with E-state index in [-0.39, 0.29) is 5.91 Å². The molecule has 0 atom stereocenters. The lowest BCUT2D eigenvalue weighted by Crippen LogP contribution is -2.18. The topological polar surface area (TPSA) is 77.6 Å². The molecule has 1 aliphatic carbocycles. The second kappa shape index (κ2) is 9.04. The zero-order chi connectivity index (χ0) is 21.1. The van der Waals surface area contributed by atoms with Crippen molar-refractivity contribution in [2.75, 3.05) is 11.1 Å². The number of aryl methyl sites for hydroxylation is 2. The van der Waals surface area contributed by atoms with E-state index in [0.29, 0.717) is 11.8 Å². The van der Waals surface area contributed by atoms with Gasteiger partial charge in [-0.1, -0.05) is 49.2 Å². The van der Waals surface area contributed by atoms with Gasteiger partial charge < -0.3 is 9.88 Å². The average Bonchev–Trinajstić information content (AvgIpc) is 3.27. The van der Waals surface area contributed by atoms with Gasteiger partial charge in [-0.3, -0.25) is 4.79 Å². The molecule has 0 unspecified atom stereocenters. The van der Waals surface area contributed by atoms with Crippen molar-refractivity contribution in [3.05, 3.63) is 47.5 Å². The highest BCUT2D eigenvalue weighted by molar-refractivity contribution is 7.99. The number of anilines is 1. The molecule has 0 spiro atoms. The Balaban J connectivity index is 1.44. The largest absolute Gasteiger partial charge is 0.322 e. The zero-order valence-corrected chi connectivity index (χ0v) is 18.6. The summed E-state index contributed by atoms with van der Waals surface area (Å²) >= 11 is 1.45. The molecular weight excluding hydrogens is 396 g/mol. The molecule has 0 aliphatic heterocycles. The maximum Gasteiger partial charge on any atom is 0.234 e. The summed E-state index contributed by atoms with van der Waals surface area (Å²) in [7, 11) is 0. The van der Waals surface area contributed by atoms with Gasteiger partial charge >= 0.3 is 0 Å². The molecule has 4 rings (SSSR count). The molecule has 1 aromatic carbocycles. The highest BCUT2D eigenvalue weighted by Gasteiger charge is 2.22. The van der Waals surface area contributed by atoms with Crippen LogP contribution in [0.5, 0.6) is 0 Å². The SMILES string of the molecule is Cc1nn(-c2ccccc2)c(C)c1NC(=O)CSc1nnc(C)n1C1CCCCC1. The van der Waals surface area contributed by atoms with Crippen LogP contribution < -0.4 is 5.32 Å². The van der Waals surface area contributed by atoms with E-state index in [9.17, 15) is 4.79 Å². The van der Waals surface area contributed by atoms with Gasteiger partial charge in [-0.15, -0.1) is 10.2 Å². The average molecular weight is 425 g/mol. The summed E-state index contributed by atoms with van der Waals surface area (Å²) < 4.78 is 4.09. The van der Waals surface area contributed by atoms with Gasteiger partial charge in [-0.05, 0) is 45.7 Å². The number of amides is 1. The molecule has 1 aliphatic rings. The highest BCUT2D eigenvalue weighted by Crippen LogP contribution is 2.32. The van der Waals surface area contributed by atoms with E-state index >= 15 is 0 Å². The Bertz CT molecular complexity index is 1020. The number of benzene rings is 1. The molecule has 3 aromatic rings. The number of rotatable bonds is 6. The molecule has 0 radical (unpaired) electrons. The third kappa shape index (κ3) is 4.28. The van der Waals surface area contributed by atoms with Crippen molar-refractivity contribution in [1.82, 2.24) is 24.5 Å². The fourth-order valence-corrected chi connectivity index (χ4v) is 5.01. The predicted molar refractivity (Wildman–Crippen MR) is 119 cm³/mol. The number of carbonyl (C=O) groups excluding carboxylic acids is 1. The number of para-hydroxylation sites is 1. The smallest absolute Gasteiger partial charge is 0.234 e. The van der Waals surface area contributed by atoms with E-state index in [1.807, 2.05) is 55.8 Å². The molecule has 30 heavy (non-hydrogen) atoms. The first-order valence-corrected chi connectivity index (χ1v) is 11.5. The number of nitrogens with zero attached hydrogens (tertiary/aromatic N) is 5. The second-order valence-electron chi connectivity index (χ2n) is 7.82. The quantitative estimate of drug-likeness (QED) is 0.584. The summed E-state index contributed by atoms with van der Waals surface area (Å²) in [6.07, 6.45) is 6.12. The summed E-state index contributed by atoms with van der Waals surface area (Å²) in [5.41, 5.74) is 3.47. The molecule has 0 bridgehead atoms. The number of thioether (sulfide) groups is 1. The molecule has 1 fully saturated rings. The zero-order valence-electron chi connectivity index (χ0n) is 17.8. The fourth-order valence-electron chi connectivity index (χ4n) is 4.16. The Labute approximate surface area is 181 Å². The summed E-state index contributed by atoms with van der Waals surface area (Å²) in [5, 5.41) is 17.1. The molecule has 1 amide bonds. The second-order valence-corrected chi connectivity index (χ2v) is 8.76. The van der Waals surface area contributed by atoms with Gasteiger partial charge in [-0.25, -0.2) is 4.68 Å². The van der Waals surface area contributed by atoms with E-state index in [1.54, 1.807) is 0 Å². The van der Waals surface area contributed by atoms with E-state index in [4.69, 9.17) is 0 Å². The molecule has 1 N–H and O–H groups in total. The van der Waals surface area contributed by atoms with Crippen molar-refractivity contribution in [1.29, 1.82) is 0 Å². The van der Waals surface area contributed by atoms with Crippen molar-refractivity contribution in [2.45, 2.75) is 64.1 Å². The minimum absolute atomic E-state index is 0.0605. The summed E-state index contributed by atoms with van der Waals surface area (Å²) in [6, 6.07) is 10.4.